The van der Waals surface area contributed by atoms with Crippen LogP contribution in [-0.2, 0) is 0 Å². The third-order valence-corrected chi connectivity index (χ3v) is 2.50. The maximum atomic E-state index is 12.8. The Morgan fingerprint density at radius 1 is 1.06 bits per heavy atom. The van der Waals surface area contributed by atoms with Gasteiger partial charge in [0.1, 0.15) is 17.5 Å². The van der Waals surface area contributed by atoms with Crippen molar-refractivity contribution in [2.24, 2.45) is 0 Å². The molecular formula is C12H13FN4. The molecule has 0 saturated carbocycles. The van der Waals surface area contributed by atoms with Gasteiger partial charge in [-0.2, -0.15) is 0 Å². The third-order valence-electron chi connectivity index (χ3n) is 2.50. The molecule has 1 aromatic carbocycles. The number of hydrogen-bond donors (Lipinski definition) is 2. The highest BCUT2D eigenvalue weighted by Gasteiger charge is 2.07. The Morgan fingerprint density at radius 2 is 1.71 bits per heavy atom. The standard InChI is InChI=1S/C12H13FN4/c1-17(9-4-2-8(13)3-5-9)11-7-6-10(14)12(15)16-11/h2-7H,14H2,1H3,(H2,15,16). The van der Waals surface area contributed by atoms with Crippen LogP contribution in [-0.4, -0.2) is 12.0 Å². The summed E-state index contributed by atoms with van der Waals surface area (Å²) in [5, 5.41) is 0. The molecule has 0 fully saturated rings. The van der Waals surface area contributed by atoms with Crippen molar-refractivity contribution in [3.63, 3.8) is 0 Å². The second-order valence-corrected chi connectivity index (χ2v) is 3.68. The topological polar surface area (TPSA) is 68.2 Å². The molecule has 4 nitrogen and oxygen atoms in total. The molecule has 0 aliphatic rings. The van der Waals surface area contributed by atoms with Gasteiger partial charge < -0.3 is 16.4 Å². The Bertz CT molecular complexity index is 525. The van der Waals surface area contributed by atoms with E-state index in [1.165, 1.54) is 12.1 Å². The molecule has 17 heavy (non-hydrogen) atoms. The summed E-state index contributed by atoms with van der Waals surface area (Å²) in [5.74, 6) is 0.673. The molecule has 0 atom stereocenters. The van der Waals surface area contributed by atoms with Crippen LogP contribution in [0.1, 0.15) is 0 Å². The van der Waals surface area contributed by atoms with Gasteiger partial charge >= 0.3 is 0 Å². The van der Waals surface area contributed by atoms with E-state index in [0.717, 1.165) is 5.69 Å². The van der Waals surface area contributed by atoms with E-state index >= 15 is 0 Å². The molecular weight excluding hydrogens is 219 g/mol. The summed E-state index contributed by atoms with van der Waals surface area (Å²) in [6.07, 6.45) is 0. The first-order valence-corrected chi connectivity index (χ1v) is 5.09. The highest BCUT2D eigenvalue weighted by Crippen LogP contribution is 2.24. The molecule has 4 N–H and O–H groups in total. The number of rotatable bonds is 2. The molecule has 0 radical (unpaired) electrons. The molecule has 0 amide bonds. The van der Waals surface area contributed by atoms with Crippen molar-refractivity contribution < 1.29 is 4.39 Å². The fourth-order valence-corrected chi connectivity index (χ4v) is 1.46. The minimum absolute atomic E-state index is 0.271. The number of nitrogen functional groups attached to an aromatic ring is 2. The number of benzene rings is 1. The van der Waals surface area contributed by atoms with Crippen LogP contribution in [0, 0.1) is 5.82 Å². The summed E-state index contributed by atoms with van der Waals surface area (Å²) in [6, 6.07) is 9.58. The lowest BCUT2D eigenvalue weighted by molar-refractivity contribution is 0.628. The molecule has 0 aliphatic carbocycles. The Hall–Kier alpha value is -2.30. The Kier molecular flexibility index (Phi) is 2.82. The smallest absolute Gasteiger partial charge is 0.149 e. The lowest BCUT2D eigenvalue weighted by atomic mass is 10.3. The van der Waals surface area contributed by atoms with Gasteiger partial charge in [0.25, 0.3) is 0 Å². The minimum Gasteiger partial charge on any atom is -0.396 e. The molecule has 0 bridgehead atoms. The van der Waals surface area contributed by atoms with Crippen LogP contribution < -0.4 is 16.4 Å². The fraction of sp³-hybridized carbons (Fsp3) is 0.0833. The van der Waals surface area contributed by atoms with Crippen molar-refractivity contribution in [1.29, 1.82) is 0 Å². The van der Waals surface area contributed by atoms with Crippen molar-refractivity contribution in [3.8, 4) is 0 Å². The largest absolute Gasteiger partial charge is 0.396 e. The zero-order chi connectivity index (χ0) is 12.4. The van der Waals surface area contributed by atoms with Gasteiger partial charge in [0.2, 0.25) is 0 Å². The van der Waals surface area contributed by atoms with Gasteiger partial charge in [-0.25, -0.2) is 9.37 Å². The monoisotopic (exact) mass is 232 g/mol. The number of hydrogen-bond acceptors (Lipinski definition) is 4. The summed E-state index contributed by atoms with van der Waals surface area (Å²) >= 11 is 0. The summed E-state index contributed by atoms with van der Waals surface area (Å²) < 4.78 is 12.8. The van der Waals surface area contributed by atoms with Crippen LogP contribution in [0.5, 0.6) is 0 Å². The van der Waals surface area contributed by atoms with E-state index in [1.807, 2.05) is 7.05 Å². The fourth-order valence-electron chi connectivity index (χ4n) is 1.46. The summed E-state index contributed by atoms with van der Waals surface area (Å²) in [7, 11) is 1.82. The van der Waals surface area contributed by atoms with E-state index < -0.39 is 0 Å². The van der Waals surface area contributed by atoms with Crippen LogP contribution in [0.4, 0.5) is 27.4 Å². The van der Waals surface area contributed by atoms with E-state index in [1.54, 1.807) is 29.2 Å². The van der Waals surface area contributed by atoms with Crippen molar-refractivity contribution in [1.82, 2.24) is 4.98 Å². The number of pyridine rings is 1. The molecule has 2 aromatic rings. The van der Waals surface area contributed by atoms with E-state index in [2.05, 4.69) is 4.98 Å². The average molecular weight is 232 g/mol. The van der Waals surface area contributed by atoms with Crippen LogP contribution in [0.15, 0.2) is 36.4 Å². The predicted molar refractivity (Wildman–Crippen MR) is 67.5 cm³/mol. The number of aromatic nitrogens is 1. The van der Waals surface area contributed by atoms with Crippen molar-refractivity contribution >= 4 is 23.0 Å². The molecule has 1 heterocycles. The zero-order valence-corrected chi connectivity index (χ0v) is 9.39. The van der Waals surface area contributed by atoms with Gasteiger partial charge in [-0.15, -0.1) is 0 Å². The van der Waals surface area contributed by atoms with Gasteiger partial charge in [-0.1, -0.05) is 0 Å². The van der Waals surface area contributed by atoms with Crippen molar-refractivity contribution in [2.75, 3.05) is 23.4 Å². The zero-order valence-electron chi connectivity index (χ0n) is 9.39. The molecule has 0 spiro atoms. The molecule has 2 rings (SSSR count). The Labute approximate surface area is 98.7 Å². The minimum atomic E-state index is -0.271. The van der Waals surface area contributed by atoms with Crippen LogP contribution in [0.25, 0.3) is 0 Å². The van der Waals surface area contributed by atoms with Gasteiger partial charge in [0, 0.05) is 12.7 Å². The van der Waals surface area contributed by atoms with Crippen LogP contribution in [0.3, 0.4) is 0 Å². The maximum Gasteiger partial charge on any atom is 0.149 e. The summed E-state index contributed by atoms with van der Waals surface area (Å²) in [6.45, 7) is 0. The number of halogens is 1. The van der Waals surface area contributed by atoms with Crippen LogP contribution in [0.2, 0.25) is 0 Å². The molecule has 88 valence electrons. The lowest BCUT2D eigenvalue weighted by Gasteiger charge is -2.18. The molecule has 5 heteroatoms. The second-order valence-electron chi connectivity index (χ2n) is 3.68. The van der Waals surface area contributed by atoms with Gasteiger partial charge in [-0.3, -0.25) is 0 Å². The quantitative estimate of drug-likeness (QED) is 0.832. The van der Waals surface area contributed by atoms with Crippen molar-refractivity contribution in [3.05, 3.63) is 42.2 Å². The van der Waals surface area contributed by atoms with Gasteiger partial charge in [0.05, 0.1) is 5.69 Å². The highest BCUT2D eigenvalue weighted by molar-refractivity contribution is 5.66. The normalized spacial score (nSPS) is 10.2. The van der Waals surface area contributed by atoms with E-state index in [4.69, 9.17) is 11.5 Å². The molecule has 0 saturated heterocycles. The van der Waals surface area contributed by atoms with E-state index in [9.17, 15) is 4.39 Å². The Morgan fingerprint density at radius 3 is 2.29 bits per heavy atom. The number of nitrogens with two attached hydrogens (primary N) is 2. The number of anilines is 4. The molecule has 0 unspecified atom stereocenters. The lowest BCUT2D eigenvalue weighted by Crippen LogP contribution is -2.12. The second kappa shape index (κ2) is 4.29. The third kappa shape index (κ3) is 2.28. The first kappa shape index (κ1) is 11.2. The number of nitrogens with zero attached hydrogens (tertiary/aromatic N) is 2. The van der Waals surface area contributed by atoms with Crippen LogP contribution >= 0.6 is 0 Å². The van der Waals surface area contributed by atoms with Gasteiger partial charge in [-0.05, 0) is 36.4 Å². The van der Waals surface area contributed by atoms with E-state index in [0.29, 0.717) is 11.5 Å². The molecule has 0 aliphatic heterocycles. The highest BCUT2D eigenvalue weighted by atomic mass is 19.1. The van der Waals surface area contributed by atoms with E-state index in [-0.39, 0.29) is 11.6 Å². The molecule has 1 aromatic heterocycles. The predicted octanol–water partition coefficient (Wildman–Crippen LogP) is 2.15. The SMILES string of the molecule is CN(c1ccc(F)cc1)c1ccc(N)c(N)n1. The van der Waals surface area contributed by atoms with Gasteiger partial charge in [0.15, 0.2) is 0 Å². The summed E-state index contributed by atoms with van der Waals surface area (Å²) in [4.78, 5) is 5.96. The average Bonchev–Trinajstić information content (AvgIpc) is 2.33. The maximum absolute atomic E-state index is 12.8. The first-order chi connectivity index (χ1) is 8.08. The summed E-state index contributed by atoms with van der Waals surface area (Å²) in [5.41, 5.74) is 12.5. The Balaban J connectivity index is 2.33. The van der Waals surface area contributed by atoms with Crippen molar-refractivity contribution in [2.45, 2.75) is 0 Å². The first-order valence-electron chi connectivity index (χ1n) is 5.09.